The highest BCUT2D eigenvalue weighted by Gasteiger charge is 2.22. The van der Waals surface area contributed by atoms with Crippen molar-refractivity contribution in [2.24, 2.45) is 11.8 Å². The molecule has 0 aromatic heterocycles. The smallest absolute Gasteiger partial charge is 0.220 e. The second kappa shape index (κ2) is 11.8. The number of benzene rings is 1. The predicted octanol–water partition coefficient (Wildman–Crippen LogP) is 3.48. The van der Waals surface area contributed by atoms with Gasteiger partial charge in [-0.05, 0) is 42.2 Å². The zero-order valence-corrected chi connectivity index (χ0v) is 17.8. The van der Waals surface area contributed by atoms with Crippen molar-refractivity contribution in [1.82, 2.24) is 15.5 Å². The van der Waals surface area contributed by atoms with E-state index in [0.717, 1.165) is 50.7 Å². The number of nitrogens with zero attached hydrogens (tertiary/aromatic N) is 1. The van der Waals surface area contributed by atoms with Gasteiger partial charge in [-0.1, -0.05) is 44.5 Å². The van der Waals surface area contributed by atoms with Gasteiger partial charge in [0.2, 0.25) is 11.8 Å². The Morgan fingerprint density at radius 2 is 1.68 bits per heavy atom. The van der Waals surface area contributed by atoms with E-state index in [1.54, 1.807) is 0 Å². The van der Waals surface area contributed by atoms with E-state index in [9.17, 15) is 9.59 Å². The molecule has 2 N–H and O–H groups in total. The van der Waals surface area contributed by atoms with Gasteiger partial charge in [0.15, 0.2) is 0 Å². The van der Waals surface area contributed by atoms with Crippen LogP contribution >= 0.6 is 0 Å². The highest BCUT2D eigenvalue weighted by molar-refractivity contribution is 5.75. The first kappa shape index (κ1) is 22.4. The van der Waals surface area contributed by atoms with Crippen LogP contribution in [-0.2, 0) is 22.7 Å². The first-order valence-electron chi connectivity index (χ1n) is 10.7. The number of unbranched alkanes of at least 4 members (excludes halogenated alkanes) is 2. The average molecular weight is 388 g/mol. The zero-order valence-electron chi connectivity index (χ0n) is 17.8. The molecule has 1 aromatic rings. The van der Waals surface area contributed by atoms with Crippen molar-refractivity contribution in [3.05, 3.63) is 35.4 Å². The Balaban J connectivity index is 1.73. The molecule has 1 aliphatic heterocycles. The van der Waals surface area contributed by atoms with Crippen molar-refractivity contribution < 1.29 is 9.59 Å². The summed E-state index contributed by atoms with van der Waals surface area (Å²) in [5.74, 6) is 1.61. The van der Waals surface area contributed by atoms with Gasteiger partial charge in [0.25, 0.3) is 0 Å². The lowest BCUT2D eigenvalue weighted by Gasteiger charge is -2.35. The molecule has 1 heterocycles. The molecule has 1 aliphatic rings. The Labute approximate surface area is 170 Å². The quantitative estimate of drug-likeness (QED) is 0.604. The largest absolute Gasteiger partial charge is 0.356 e. The number of piperidine rings is 1. The number of carbonyl (C=O) groups is 2. The molecule has 0 spiro atoms. The van der Waals surface area contributed by atoms with E-state index in [-0.39, 0.29) is 11.8 Å². The van der Waals surface area contributed by atoms with Gasteiger partial charge in [0.05, 0.1) is 0 Å². The lowest BCUT2D eigenvalue weighted by molar-refractivity contribution is -0.121. The maximum atomic E-state index is 12.2. The molecule has 1 aromatic carbocycles. The van der Waals surface area contributed by atoms with Gasteiger partial charge in [-0.15, -0.1) is 0 Å². The molecule has 2 unspecified atom stereocenters. The SMILES string of the molecule is CC(=O)NCCCCCC(=O)NCc1ccccc1CN1CC(C)CC(C)C1. The van der Waals surface area contributed by atoms with Crippen LogP contribution in [0.25, 0.3) is 0 Å². The molecule has 5 nitrogen and oxygen atoms in total. The summed E-state index contributed by atoms with van der Waals surface area (Å²) in [6, 6.07) is 8.45. The minimum atomic E-state index is 0.00452. The maximum Gasteiger partial charge on any atom is 0.220 e. The second-order valence-corrected chi connectivity index (χ2v) is 8.48. The third-order valence-corrected chi connectivity index (χ3v) is 5.39. The van der Waals surface area contributed by atoms with Crippen LogP contribution < -0.4 is 10.6 Å². The van der Waals surface area contributed by atoms with E-state index < -0.39 is 0 Å². The summed E-state index contributed by atoms with van der Waals surface area (Å²) in [4.78, 5) is 25.5. The third kappa shape index (κ3) is 8.42. The summed E-state index contributed by atoms with van der Waals surface area (Å²) in [7, 11) is 0. The molecular weight excluding hydrogens is 350 g/mol. The Hall–Kier alpha value is -1.88. The summed E-state index contributed by atoms with van der Waals surface area (Å²) in [6.07, 6.45) is 4.59. The van der Waals surface area contributed by atoms with Crippen LogP contribution in [0, 0.1) is 11.8 Å². The highest BCUT2D eigenvalue weighted by atomic mass is 16.2. The summed E-state index contributed by atoms with van der Waals surface area (Å²) >= 11 is 0. The van der Waals surface area contributed by atoms with Crippen molar-refractivity contribution in [1.29, 1.82) is 0 Å². The van der Waals surface area contributed by atoms with Crippen LogP contribution in [-0.4, -0.2) is 36.3 Å². The minimum absolute atomic E-state index is 0.00452. The van der Waals surface area contributed by atoms with Crippen molar-refractivity contribution in [3.8, 4) is 0 Å². The number of amides is 2. The molecule has 5 heteroatoms. The maximum absolute atomic E-state index is 12.2. The van der Waals surface area contributed by atoms with Crippen LogP contribution in [0.2, 0.25) is 0 Å². The summed E-state index contributed by atoms with van der Waals surface area (Å²) in [5, 5.41) is 5.86. The first-order chi connectivity index (χ1) is 13.4. The number of rotatable bonds is 10. The molecule has 0 radical (unpaired) electrons. The van der Waals surface area contributed by atoms with Crippen LogP contribution in [0.3, 0.4) is 0 Å². The van der Waals surface area contributed by atoms with Gasteiger partial charge in [-0.2, -0.15) is 0 Å². The zero-order chi connectivity index (χ0) is 20.4. The summed E-state index contributed by atoms with van der Waals surface area (Å²) in [5.41, 5.74) is 2.53. The van der Waals surface area contributed by atoms with Gasteiger partial charge in [-0.3, -0.25) is 14.5 Å². The molecule has 0 bridgehead atoms. The normalized spacial score (nSPS) is 20.0. The fourth-order valence-electron chi connectivity index (χ4n) is 4.18. The van der Waals surface area contributed by atoms with Gasteiger partial charge in [0.1, 0.15) is 0 Å². The third-order valence-electron chi connectivity index (χ3n) is 5.39. The van der Waals surface area contributed by atoms with Crippen LogP contribution in [0.4, 0.5) is 0 Å². The predicted molar refractivity (Wildman–Crippen MR) is 114 cm³/mol. The number of hydrogen-bond donors (Lipinski definition) is 2. The standard InChI is InChI=1S/C23H37N3O2/c1-18-13-19(2)16-26(15-18)17-22-10-7-6-9-21(22)14-25-23(28)11-5-4-8-12-24-20(3)27/h6-7,9-10,18-19H,4-5,8,11-17H2,1-3H3,(H,24,27)(H,25,28). The molecule has 0 saturated carbocycles. The van der Waals surface area contributed by atoms with E-state index in [0.29, 0.717) is 19.5 Å². The second-order valence-electron chi connectivity index (χ2n) is 8.48. The topological polar surface area (TPSA) is 61.4 Å². The molecule has 1 fully saturated rings. The molecule has 156 valence electrons. The molecular formula is C23H37N3O2. The number of hydrogen-bond acceptors (Lipinski definition) is 3. The van der Waals surface area contributed by atoms with E-state index in [1.165, 1.54) is 24.5 Å². The van der Waals surface area contributed by atoms with Crippen LogP contribution in [0.15, 0.2) is 24.3 Å². The van der Waals surface area contributed by atoms with Gasteiger partial charge < -0.3 is 10.6 Å². The highest BCUT2D eigenvalue weighted by Crippen LogP contribution is 2.23. The molecule has 28 heavy (non-hydrogen) atoms. The van der Waals surface area contributed by atoms with Crippen molar-refractivity contribution in [3.63, 3.8) is 0 Å². The first-order valence-corrected chi connectivity index (χ1v) is 10.7. The number of carbonyl (C=O) groups excluding carboxylic acids is 2. The number of likely N-dealkylation sites (tertiary alicyclic amines) is 1. The van der Waals surface area contributed by atoms with Crippen molar-refractivity contribution >= 4 is 11.8 Å². The van der Waals surface area contributed by atoms with E-state index in [4.69, 9.17) is 0 Å². The van der Waals surface area contributed by atoms with E-state index >= 15 is 0 Å². The number of nitrogens with one attached hydrogen (secondary N) is 2. The summed E-state index contributed by atoms with van der Waals surface area (Å²) in [6.45, 7) is 10.8. The molecule has 2 rings (SSSR count). The Bertz CT molecular complexity index is 622. The molecule has 1 saturated heterocycles. The van der Waals surface area contributed by atoms with E-state index in [1.807, 2.05) is 0 Å². The Morgan fingerprint density at radius 1 is 1.00 bits per heavy atom. The van der Waals surface area contributed by atoms with E-state index in [2.05, 4.69) is 53.6 Å². The van der Waals surface area contributed by atoms with Crippen molar-refractivity contribution in [2.75, 3.05) is 19.6 Å². The lowest BCUT2D eigenvalue weighted by atomic mass is 9.91. The fourth-order valence-corrected chi connectivity index (χ4v) is 4.18. The molecule has 0 aliphatic carbocycles. The lowest BCUT2D eigenvalue weighted by Crippen LogP contribution is -2.38. The molecule has 2 amide bonds. The van der Waals surface area contributed by atoms with Gasteiger partial charge >= 0.3 is 0 Å². The Morgan fingerprint density at radius 3 is 2.36 bits per heavy atom. The van der Waals surface area contributed by atoms with Gasteiger partial charge in [0, 0.05) is 46.1 Å². The van der Waals surface area contributed by atoms with Crippen LogP contribution in [0.1, 0.15) is 64.0 Å². The minimum Gasteiger partial charge on any atom is -0.356 e. The van der Waals surface area contributed by atoms with Crippen LogP contribution in [0.5, 0.6) is 0 Å². The Kier molecular flexibility index (Phi) is 9.48. The average Bonchev–Trinajstić information content (AvgIpc) is 2.63. The monoisotopic (exact) mass is 387 g/mol. The van der Waals surface area contributed by atoms with Gasteiger partial charge in [-0.25, -0.2) is 0 Å². The fraction of sp³-hybridized carbons (Fsp3) is 0.652. The summed E-state index contributed by atoms with van der Waals surface area (Å²) < 4.78 is 0. The van der Waals surface area contributed by atoms with Crippen molar-refractivity contribution in [2.45, 2.75) is 66.0 Å². The molecule has 2 atom stereocenters.